The van der Waals surface area contributed by atoms with E-state index in [9.17, 15) is 4.79 Å². The van der Waals surface area contributed by atoms with Gasteiger partial charge in [0, 0.05) is 24.8 Å². The van der Waals surface area contributed by atoms with Crippen molar-refractivity contribution in [3.05, 3.63) is 46.0 Å². The van der Waals surface area contributed by atoms with Crippen molar-refractivity contribution in [2.24, 2.45) is 0 Å². The van der Waals surface area contributed by atoms with Gasteiger partial charge in [0.25, 0.3) is 5.56 Å². The Bertz CT molecular complexity index is 658. The molecule has 0 bridgehead atoms. The van der Waals surface area contributed by atoms with Crippen LogP contribution in [-0.4, -0.2) is 26.9 Å². The van der Waals surface area contributed by atoms with Crippen LogP contribution in [0.4, 0.5) is 0 Å². The molecule has 0 amide bonds. The fourth-order valence-corrected chi connectivity index (χ4v) is 2.49. The predicted octanol–water partition coefficient (Wildman–Crippen LogP) is 1.99. The van der Waals surface area contributed by atoms with Crippen molar-refractivity contribution < 1.29 is 0 Å². The predicted molar refractivity (Wildman–Crippen MR) is 75.3 cm³/mol. The Hall–Kier alpha value is -1.68. The number of pyridine rings is 1. The average molecular weight is 257 g/mol. The van der Waals surface area contributed by atoms with Crippen LogP contribution in [-0.2, 0) is 6.54 Å². The Morgan fingerprint density at radius 1 is 1.42 bits per heavy atom. The highest BCUT2D eigenvalue weighted by Gasteiger charge is 2.28. The number of hydrogen-bond donors (Lipinski definition) is 0. The third kappa shape index (κ3) is 2.54. The lowest BCUT2D eigenvalue weighted by Crippen LogP contribution is -2.27. The van der Waals surface area contributed by atoms with E-state index in [-0.39, 0.29) is 5.56 Å². The Labute approximate surface area is 112 Å². The van der Waals surface area contributed by atoms with E-state index in [1.165, 1.54) is 12.8 Å². The molecular weight excluding hydrogens is 238 g/mol. The number of fused-ring (bicyclic) bond motifs is 1. The van der Waals surface area contributed by atoms with Crippen molar-refractivity contribution in [2.45, 2.75) is 39.3 Å². The zero-order valence-electron chi connectivity index (χ0n) is 11.5. The second-order valence-corrected chi connectivity index (χ2v) is 5.31. The molecule has 0 atom stereocenters. The maximum Gasteiger partial charge on any atom is 0.258 e. The van der Waals surface area contributed by atoms with E-state index in [0.717, 1.165) is 30.0 Å². The number of nitrogens with zero attached hydrogens (tertiary/aromatic N) is 3. The molecule has 0 saturated heterocycles. The summed E-state index contributed by atoms with van der Waals surface area (Å²) in [5.74, 6) is 0. The van der Waals surface area contributed by atoms with Gasteiger partial charge in [0.2, 0.25) is 0 Å². The fraction of sp³-hybridized carbons (Fsp3) is 0.467. The first-order valence-electron chi connectivity index (χ1n) is 6.90. The summed E-state index contributed by atoms with van der Waals surface area (Å²) in [6.07, 6.45) is 4.39. The summed E-state index contributed by atoms with van der Waals surface area (Å²) in [5.41, 5.74) is 2.69. The number of hydrogen-bond acceptors (Lipinski definition) is 3. The highest BCUT2D eigenvalue weighted by molar-refractivity contribution is 5.39. The zero-order valence-corrected chi connectivity index (χ0v) is 11.5. The summed E-state index contributed by atoms with van der Waals surface area (Å²) in [6.45, 7) is 5.93. The van der Waals surface area contributed by atoms with Crippen molar-refractivity contribution in [1.82, 2.24) is 14.3 Å². The molecular formula is C15H19N3O. The molecule has 1 aliphatic rings. The van der Waals surface area contributed by atoms with Gasteiger partial charge in [-0.2, -0.15) is 0 Å². The van der Waals surface area contributed by atoms with Crippen LogP contribution in [0.25, 0.3) is 5.65 Å². The van der Waals surface area contributed by atoms with Crippen LogP contribution in [0, 0.1) is 6.92 Å². The first-order chi connectivity index (χ1) is 9.17. The van der Waals surface area contributed by atoms with Crippen LogP contribution in [0.3, 0.4) is 0 Å². The largest absolute Gasteiger partial charge is 0.295 e. The monoisotopic (exact) mass is 257 g/mol. The van der Waals surface area contributed by atoms with Gasteiger partial charge in [-0.15, -0.1) is 0 Å². The number of aryl methyl sites for hydroxylation is 1. The quantitative estimate of drug-likeness (QED) is 0.840. The van der Waals surface area contributed by atoms with Gasteiger partial charge in [-0.05, 0) is 37.9 Å². The van der Waals surface area contributed by atoms with Crippen molar-refractivity contribution >= 4 is 5.65 Å². The lowest BCUT2D eigenvalue weighted by molar-refractivity contribution is 0.266. The highest BCUT2D eigenvalue weighted by atomic mass is 16.1. The summed E-state index contributed by atoms with van der Waals surface area (Å²) in [6, 6.07) is 6.26. The number of rotatable bonds is 4. The van der Waals surface area contributed by atoms with Gasteiger partial charge in [0.05, 0.1) is 5.69 Å². The lowest BCUT2D eigenvalue weighted by Gasteiger charge is -2.19. The van der Waals surface area contributed by atoms with E-state index < -0.39 is 0 Å². The Morgan fingerprint density at radius 3 is 2.89 bits per heavy atom. The molecule has 1 aliphatic carbocycles. The molecule has 0 unspecified atom stereocenters. The minimum absolute atomic E-state index is 0.00977. The summed E-state index contributed by atoms with van der Waals surface area (Å²) in [7, 11) is 0. The third-order valence-electron chi connectivity index (χ3n) is 3.70. The second-order valence-electron chi connectivity index (χ2n) is 5.31. The molecule has 4 heteroatoms. The Kier molecular flexibility index (Phi) is 3.11. The molecule has 0 aliphatic heterocycles. The first kappa shape index (κ1) is 12.4. The molecule has 1 saturated carbocycles. The van der Waals surface area contributed by atoms with Gasteiger partial charge < -0.3 is 0 Å². The molecule has 1 fully saturated rings. The molecule has 100 valence electrons. The lowest BCUT2D eigenvalue weighted by atomic mass is 10.3. The van der Waals surface area contributed by atoms with Gasteiger partial charge in [-0.1, -0.05) is 13.0 Å². The summed E-state index contributed by atoms with van der Waals surface area (Å²) < 4.78 is 1.62. The smallest absolute Gasteiger partial charge is 0.258 e. The Balaban J connectivity index is 1.96. The summed E-state index contributed by atoms with van der Waals surface area (Å²) in [4.78, 5) is 19.1. The van der Waals surface area contributed by atoms with Crippen LogP contribution in [0.2, 0.25) is 0 Å². The third-order valence-corrected chi connectivity index (χ3v) is 3.70. The maximum absolute atomic E-state index is 12.1. The number of aromatic nitrogens is 2. The van der Waals surface area contributed by atoms with Crippen LogP contribution in [0.5, 0.6) is 0 Å². The van der Waals surface area contributed by atoms with E-state index in [2.05, 4.69) is 16.8 Å². The van der Waals surface area contributed by atoms with Crippen LogP contribution >= 0.6 is 0 Å². The molecule has 0 N–H and O–H groups in total. The van der Waals surface area contributed by atoms with Crippen molar-refractivity contribution in [2.75, 3.05) is 6.54 Å². The molecule has 19 heavy (non-hydrogen) atoms. The normalized spacial score (nSPS) is 15.3. The van der Waals surface area contributed by atoms with E-state index >= 15 is 0 Å². The van der Waals surface area contributed by atoms with E-state index in [1.54, 1.807) is 10.5 Å². The minimum atomic E-state index is 0.00977. The van der Waals surface area contributed by atoms with Crippen LogP contribution in [0.1, 0.15) is 31.0 Å². The van der Waals surface area contributed by atoms with Crippen LogP contribution in [0.15, 0.2) is 29.2 Å². The molecule has 0 spiro atoms. The molecule has 4 nitrogen and oxygen atoms in total. The Morgan fingerprint density at radius 2 is 2.21 bits per heavy atom. The highest BCUT2D eigenvalue weighted by Crippen LogP contribution is 2.27. The standard InChI is InChI=1S/C15H19N3O/c1-3-17(13-5-6-13)10-12-8-15(19)18-9-11(2)4-7-14(18)16-12/h4,7-9,13H,3,5-6,10H2,1-2H3. The van der Waals surface area contributed by atoms with Gasteiger partial charge in [-0.25, -0.2) is 4.98 Å². The molecule has 2 heterocycles. The average Bonchev–Trinajstić information content (AvgIpc) is 3.21. The van der Waals surface area contributed by atoms with E-state index in [1.807, 2.05) is 25.3 Å². The van der Waals surface area contributed by atoms with Gasteiger partial charge in [0.1, 0.15) is 5.65 Å². The van der Waals surface area contributed by atoms with Gasteiger partial charge >= 0.3 is 0 Å². The molecule has 0 radical (unpaired) electrons. The molecule has 2 aromatic rings. The fourth-order valence-electron chi connectivity index (χ4n) is 2.49. The van der Waals surface area contributed by atoms with Crippen LogP contribution < -0.4 is 5.56 Å². The molecule has 2 aromatic heterocycles. The van der Waals surface area contributed by atoms with Crippen molar-refractivity contribution in [3.63, 3.8) is 0 Å². The SMILES string of the molecule is CCN(Cc1cc(=O)n2cc(C)ccc2n1)C1CC1. The van der Waals surface area contributed by atoms with Crippen molar-refractivity contribution in [1.29, 1.82) is 0 Å². The topological polar surface area (TPSA) is 37.6 Å². The maximum atomic E-state index is 12.1. The molecule has 0 aromatic carbocycles. The minimum Gasteiger partial charge on any atom is -0.295 e. The zero-order chi connectivity index (χ0) is 13.4. The summed E-state index contributed by atoms with van der Waals surface area (Å²) >= 11 is 0. The second kappa shape index (κ2) is 4.78. The first-order valence-corrected chi connectivity index (χ1v) is 6.90. The van der Waals surface area contributed by atoms with E-state index in [4.69, 9.17) is 0 Å². The van der Waals surface area contributed by atoms with Gasteiger partial charge in [0.15, 0.2) is 0 Å². The summed E-state index contributed by atoms with van der Waals surface area (Å²) in [5, 5.41) is 0. The van der Waals surface area contributed by atoms with Gasteiger partial charge in [-0.3, -0.25) is 14.1 Å². The molecule has 3 rings (SSSR count). The van der Waals surface area contributed by atoms with E-state index in [0.29, 0.717) is 6.04 Å². The van der Waals surface area contributed by atoms with Crippen molar-refractivity contribution in [3.8, 4) is 0 Å².